The minimum atomic E-state index is 0.117. The van der Waals surface area contributed by atoms with Crippen molar-refractivity contribution in [3.8, 4) is 0 Å². The zero-order valence-corrected chi connectivity index (χ0v) is 14.5. The lowest BCUT2D eigenvalue weighted by molar-refractivity contribution is 0.236. The first-order valence-corrected chi connectivity index (χ1v) is 9.23. The van der Waals surface area contributed by atoms with Gasteiger partial charge in [0.05, 0.1) is 18.3 Å². The fraction of sp³-hybridized carbons (Fsp3) is 0.550. The van der Waals surface area contributed by atoms with E-state index in [2.05, 4.69) is 28.6 Å². The van der Waals surface area contributed by atoms with Crippen LogP contribution in [0, 0.1) is 0 Å². The molecule has 1 fully saturated rings. The summed E-state index contributed by atoms with van der Waals surface area (Å²) in [6.45, 7) is 2.23. The largest absolute Gasteiger partial charge is 0.392 e. The van der Waals surface area contributed by atoms with Gasteiger partial charge in [0.25, 0.3) is 0 Å². The number of hydrogen-bond donors (Lipinski definition) is 1. The van der Waals surface area contributed by atoms with E-state index in [0.717, 1.165) is 25.1 Å². The van der Waals surface area contributed by atoms with Crippen LogP contribution in [0.4, 0.5) is 0 Å². The smallest absolute Gasteiger partial charge is 0.126 e. The molecule has 1 aromatic carbocycles. The van der Waals surface area contributed by atoms with E-state index in [0.29, 0.717) is 6.04 Å². The molecule has 1 aromatic heterocycles. The Balaban J connectivity index is 1.55. The lowest BCUT2D eigenvalue weighted by atomic mass is 10.0. The summed E-state index contributed by atoms with van der Waals surface area (Å²) in [7, 11) is 2.21. The standard InChI is InChI=1S/C20H27N3O/c1-22-18-6-3-2-5-17(18)21-20(22)19-7-4-12-23(19)13-15-8-10-16(14-24)11-9-15/h8-11,19,24H,2-7,12-14H2,1H3/t19-/m1/s1. The molecule has 1 saturated heterocycles. The highest BCUT2D eigenvalue weighted by Gasteiger charge is 2.31. The third-order valence-corrected chi connectivity index (χ3v) is 5.66. The fourth-order valence-electron chi connectivity index (χ4n) is 4.30. The van der Waals surface area contributed by atoms with Crippen molar-refractivity contribution in [2.24, 2.45) is 7.05 Å². The number of fused-ring (bicyclic) bond motifs is 1. The van der Waals surface area contributed by atoms with Crippen LogP contribution in [-0.2, 0) is 33.0 Å². The van der Waals surface area contributed by atoms with Crippen molar-refractivity contribution in [2.75, 3.05) is 6.54 Å². The number of imidazole rings is 1. The van der Waals surface area contributed by atoms with Crippen LogP contribution in [-0.4, -0.2) is 26.1 Å². The lowest BCUT2D eigenvalue weighted by Crippen LogP contribution is -2.25. The van der Waals surface area contributed by atoms with Crippen molar-refractivity contribution in [3.63, 3.8) is 0 Å². The molecule has 1 aliphatic heterocycles. The maximum absolute atomic E-state index is 9.19. The molecule has 0 radical (unpaired) electrons. The molecular weight excluding hydrogens is 298 g/mol. The van der Waals surface area contributed by atoms with Gasteiger partial charge >= 0.3 is 0 Å². The maximum Gasteiger partial charge on any atom is 0.126 e. The average Bonchev–Trinajstić information content (AvgIpc) is 3.20. The van der Waals surface area contributed by atoms with Gasteiger partial charge in [0.2, 0.25) is 0 Å². The molecule has 4 heteroatoms. The van der Waals surface area contributed by atoms with Crippen LogP contribution in [0.3, 0.4) is 0 Å². The Bertz CT molecular complexity index is 704. The maximum atomic E-state index is 9.19. The van der Waals surface area contributed by atoms with Gasteiger partial charge < -0.3 is 9.67 Å². The number of nitrogens with zero attached hydrogens (tertiary/aromatic N) is 3. The minimum Gasteiger partial charge on any atom is -0.392 e. The van der Waals surface area contributed by atoms with Crippen LogP contribution in [0.5, 0.6) is 0 Å². The van der Waals surface area contributed by atoms with Crippen molar-refractivity contribution < 1.29 is 5.11 Å². The number of hydrogen-bond acceptors (Lipinski definition) is 3. The van der Waals surface area contributed by atoms with Crippen LogP contribution < -0.4 is 0 Å². The molecule has 0 unspecified atom stereocenters. The molecule has 1 atom stereocenters. The van der Waals surface area contributed by atoms with Crippen LogP contribution in [0.25, 0.3) is 0 Å². The quantitative estimate of drug-likeness (QED) is 0.939. The van der Waals surface area contributed by atoms with E-state index in [-0.39, 0.29) is 6.61 Å². The molecule has 4 nitrogen and oxygen atoms in total. The molecule has 128 valence electrons. The molecule has 24 heavy (non-hydrogen) atoms. The number of aliphatic hydroxyl groups excluding tert-OH is 1. The SMILES string of the molecule is Cn1c([C@H]2CCCN2Cc2ccc(CO)cc2)nc2c1CCCC2. The minimum absolute atomic E-state index is 0.117. The van der Waals surface area contributed by atoms with Crippen molar-refractivity contribution >= 4 is 0 Å². The summed E-state index contributed by atoms with van der Waals surface area (Å²) in [6, 6.07) is 8.78. The third kappa shape index (κ3) is 2.89. The first kappa shape index (κ1) is 15.9. The summed E-state index contributed by atoms with van der Waals surface area (Å²) < 4.78 is 2.38. The molecule has 0 amide bonds. The molecule has 2 heterocycles. The third-order valence-electron chi connectivity index (χ3n) is 5.66. The van der Waals surface area contributed by atoms with Gasteiger partial charge in [0, 0.05) is 19.3 Å². The Morgan fingerprint density at radius 2 is 1.83 bits per heavy atom. The highest BCUT2D eigenvalue weighted by molar-refractivity contribution is 5.24. The summed E-state index contributed by atoms with van der Waals surface area (Å²) >= 11 is 0. The number of aromatic nitrogens is 2. The monoisotopic (exact) mass is 325 g/mol. The van der Waals surface area contributed by atoms with Gasteiger partial charge in [0.15, 0.2) is 0 Å². The first-order chi connectivity index (χ1) is 11.8. The topological polar surface area (TPSA) is 41.3 Å². The van der Waals surface area contributed by atoms with E-state index in [4.69, 9.17) is 4.98 Å². The van der Waals surface area contributed by atoms with Gasteiger partial charge in [-0.25, -0.2) is 4.98 Å². The van der Waals surface area contributed by atoms with Crippen molar-refractivity contribution in [2.45, 2.75) is 57.7 Å². The molecule has 4 rings (SSSR count). The zero-order valence-electron chi connectivity index (χ0n) is 14.5. The van der Waals surface area contributed by atoms with Gasteiger partial charge in [-0.15, -0.1) is 0 Å². The van der Waals surface area contributed by atoms with E-state index in [1.54, 1.807) is 0 Å². The molecule has 2 aromatic rings. The molecule has 1 N–H and O–H groups in total. The van der Waals surface area contributed by atoms with Crippen molar-refractivity contribution in [1.82, 2.24) is 14.5 Å². The van der Waals surface area contributed by atoms with Gasteiger partial charge in [-0.05, 0) is 56.2 Å². The number of likely N-dealkylation sites (tertiary alicyclic amines) is 1. The predicted octanol–water partition coefficient (Wildman–Crippen LogP) is 3.13. The summed E-state index contributed by atoms with van der Waals surface area (Å²) in [6.07, 6.45) is 7.38. The van der Waals surface area contributed by atoms with E-state index in [9.17, 15) is 5.11 Å². The van der Waals surface area contributed by atoms with Crippen LogP contribution >= 0.6 is 0 Å². The highest BCUT2D eigenvalue weighted by Crippen LogP contribution is 2.34. The van der Waals surface area contributed by atoms with Crippen molar-refractivity contribution in [1.29, 1.82) is 0 Å². The van der Waals surface area contributed by atoms with Gasteiger partial charge in [-0.1, -0.05) is 24.3 Å². The van der Waals surface area contributed by atoms with Crippen LogP contribution in [0.2, 0.25) is 0 Å². The second-order valence-corrected chi connectivity index (χ2v) is 7.23. The number of rotatable bonds is 4. The van der Waals surface area contributed by atoms with Crippen molar-refractivity contribution in [3.05, 3.63) is 52.6 Å². The predicted molar refractivity (Wildman–Crippen MR) is 94.6 cm³/mol. The summed E-state index contributed by atoms with van der Waals surface area (Å²) in [5, 5.41) is 9.19. The van der Waals surface area contributed by atoms with Crippen LogP contribution in [0.1, 0.15) is 60.1 Å². The Hall–Kier alpha value is -1.65. The second-order valence-electron chi connectivity index (χ2n) is 7.23. The van der Waals surface area contributed by atoms with E-state index < -0.39 is 0 Å². The number of aryl methyl sites for hydroxylation is 1. The van der Waals surface area contributed by atoms with E-state index >= 15 is 0 Å². The van der Waals surface area contributed by atoms with E-state index in [1.165, 1.54) is 54.9 Å². The summed E-state index contributed by atoms with van der Waals surface area (Å²) in [5.41, 5.74) is 5.11. The molecule has 0 saturated carbocycles. The van der Waals surface area contributed by atoms with E-state index in [1.807, 2.05) is 12.1 Å². The Morgan fingerprint density at radius 3 is 2.58 bits per heavy atom. The summed E-state index contributed by atoms with van der Waals surface area (Å²) in [5.74, 6) is 1.27. The van der Waals surface area contributed by atoms with Gasteiger partial charge in [-0.2, -0.15) is 0 Å². The fourth-order valence-corrected chi connectivity index (χ4v) is 4.30. The lowest BCUT2D eigenvalue weighted by Gasteiger charge is -2.24. The first-order valence-electron chi connectivity index (χ1n) is 9.23. The van der Waals surface area contributed by atoms with Crippen LogP contribution in [0.15, 0.2) is 24.3 Å². The second kappa shape index (κ2) is 6.69. The molecule has 0 bridgehead atoms. The normalized spacial score (nSPS) is 21.2. The number of aliphatic hydroxyl groups is 1. The molecular formula is C20H27N3O. The van der Waals surface area contributed by atoms with Gasteiger partial charge in [0.1, 0.15) is 5.82 Å². The van der Waals surface area contributed by atoms with Gasteiger partial charge in [-0.3, -0.25) is 4.90 Å². The highest BCUT2D eigenvalue weighted by atomic mass is 16.3. The zero-order chi connectivity index (χ0) is 16.5. The Kier molecular flexibility index (Phi) is 4.42. The summed E-state index contributed by atoms with van der Waals surface area (Å²) in [4.78, 5) is 7.61. The molecule has 2 aliphatic rings. The Morgan fingerprint density at radius 1 is 1.08 bits per heavy atom. The molecule has 1 aliphatic carbocycles. The Labute approximate surface area is 144 Å². The average molecular weight is 325 g/mol. The number of benzene rings is 1. The molecule has 0 spiro atoms.